The van der Waals surface area contributed by atoms with E-state index in [2.05, 4.69) is 10.3 Å². The number of hydrogen-bond donors (Lipinski definition) is 2. The second kappa shape index (κ2) is 9.51. The van der Waals surface area contributed by atoms with Crippen LogP contribution < -0.4 is 5.32 Å². The summed E-state index contributed by atoms with van der Waals surface area (Å²) in [6.45, 7) is 3.73. The summed E-state index contributed by atoms with van der Waals surface area (Å²) in [5.74, 6) is -1.32. The van der Waals surface area contributed by atoms with Crippen molar-refractivity contribution in [2.24, 2.45) is 0 Å². The number of nitrogens with zero attached hydrogens (tertiary/aromatic N) is 1. The summed E-state index contributed by atoms with van der Waals surface area (Å²) in [6.07, 6.45) is 0. The van der Waals surface area contributed by atoms with Gasteiger partial charge in [-0.3, -0.25) is 4.79 Å². The Morgan fingerprint density at radius 3 is 2.32 bits per heavy atom. The van der Waals surface area contributed by atoms with Gasteiger partial charge in [0.15, 0.2) is 6.61 Å². The first-order valence-corrected chi connectivity index (χ1v) is 11.4. The third kappa shape index (κ3) is 4.90. The fraction of sp³-hybridized carbons (Fsp3) is 0.238. The minimum atomic E-state index is -3.58. The summed E-state index contributed by atoms with van der Waals surface area (Å²) in [4.78, 5) is 27.4. The first-order chi connectivity index (χ1) is 14.8. The first kappa shape index (κ1) is 22.8. The molecule has 0 aliphatic heterocycles. The topological polar surface area (TPSA) is 109 Å². The Hall–Kier alpha value is -2.88. The van der Waals surface area contributed by atoms with Gasteiger partial charge in [0.25, 0.3) is 5.91 Å². The van der Waals surface area contributed by atoms with Crippen molar-refractivity contribution in [2.75, 3.05) is 25.0 Å². The van der Waals surface area contributed by atoms with Crippen LogP contribution in [0.4, 0.5) is 5.69 Å². The molecule has 1 aromatic heterocycles. The Balaban J connectivity index is 1.60. The molecule has 1 amide bonds. The van der Waals surface area contributed by atoms with E-state index in [-0.39, 0.29) is 15.6 Å². The van der Waals surface area contributed by atoms with Crippen LogP contribution in [0.25, 0.3) is 10.9 Å². The lowest BCUT2D eigenvalue weighted by molar-refractivity contribution is -0.119. The van der Waals surface area contributed by atoms with E-state index < -0.39 is 28.5 Å². The van der Waals surface area contributed by atoms with Crippen molar-refractivity contribution in [1.29, 1.82) is 0 Å². The minimum Gasteiger partial charge on any atom is -0.451 e. The third-order valence-corrected chi connectivity index (χ3v) is 7.12. The van der Waals surface area contributed by atoms with Gasteiger partial charge in [0.1, 0.15) is 5.69 Å². The highest BCUT2D eigenvalue weighted by Gasteiger charge is 2.22. The molecule has 0 fully saturated rings. The number of hydrogen-bond acceptors (Lipinski definition) is 5. The SMILES string of the molecule is CCN(CC)S(=O)(=O)c1ccc(NC(=O)COC(=O)c2[nH]c3ccccc3c2Cl)cc1. The number of nitrogens with one attached hydrogen (secondary N) is 2. The number of anilines is 1. The summed E-state index contributed by atoms with van der Waals surface area (Å²) >= 11 is 6.21. The number of amides is 1. The van der Waals surface area contributed by atoms with Crippen molar-refractivity contribution >= 4 is 50.1 Å². The van der Waals surface area contributed by atoms with Crippen molar-refractivity contribution in [3.8, 4) is 0 Å². The van der Waals surface area contributed by atoms with Crippen molar-refractivity contribution in [3.63, 3.8) is 0 Å². The molecule has 3 rings (SSSR count). The van der Waals surface area contributed by atoms with E-state index in [9.17, 15) is 18.0 Å². The number of fused-ring (bicyclic) bond motifs is 1. The molecule has 0 unspecified atom stereocenters. The number of carbonyl (C=O) groups is 2. The Kier molecular flexibility index (Phi) is 6.99. The van der Waals surface area contributed by atoms with E-state index in [1.807, 2.05) is 0 Å². The zero-order valence-electron chi connectivity index (χ0n) is 17.0. The molecule has 0 saturated carbocycles. The summed E-state index contributed by atoms with van der Waals surface area (Å²) in [5.41, 5.74) is 1.13. The van der Waals surface area contributed by atoms with Crippen LogP contribution in [-0.2, 0) is 19.6 Å². The maximum Gasteiger partial charge on any atom is 0.356 e. The number of H-pyrrole nitrogens is 1. The van der Waals surface area contributed by atoms with Crippen LogP contribution in [-0.4, -0.2) is 49.3 Å². The Labute approximate surface area is 185 Å². The number of carbonyl (C=O) groups excluding carboxylic acids is 2. The molecule has 3 aromatic rings. The van der Waals surface area contributed by atoms with Crippen molar-refractivity contribution in [2.45, 2.75) is 18.7 Å². The monoisotopic (exact) mass is 463 g/mol. The quantitative estimate of drug-likeness (QED) is 0.496. The Morgan fingerprint density at radius 1 is 1.06 bits per heavy atom. The third-order valence-electron chi connectivity index (χ3n) is 4.66. The van der Waals surface area contributed by atoms with Gasteiger partial charge in [-0.05, 0) is 30.3 Å². The van der Waals surface area contributed by atoms with Gasteiger partial charge in [-0.15, -0.1) is 0 Å². The molecule has 0 atom stereocenters. The Bertz CT molecular complexity index is 1200. The molecule has 0 radical (unpaired) electrons. The smallest absolute Gasteiger partial charge is 0.356 e. The van der Waals surface area contributed by atoms with Crippen LogP contribution in [0.1, 0.15) is 24.3 Å². The van der Waals surface area contributed by atoms with Gasteiger partial charge < -0.3 is 15.0 Å². The van der Waals surface area contributed by atoms with Crippen LogP contribution in [0.2, 0.25) is 5.02 Å². The highest BCUT2D eigenvalue weighted by molar-refractivity contribution is 7.89. The van der Waals surface area contributed by atoms with Crippen LogP contribution in [0.15, 0.2) is 53.4 Å². The maximum atomic E-state index is 12.5. The predicted molar refractivity (Wildman–Crippen MR) is 119 cm³/mol. The minimum absolute atomic E-state index is 0.0710. The van der Waals surface area contributed by atoms with E-state index in [0.29, 0.717) is 29.7 Å². The van der Waals surface area contributed by atoms with E-state index in [1.165, 1.54) is 28.6 Å². The van der Waals surface area contributed by atoms with E-state index in [4.69, 9.17) is 16.3 Å². The number of aromatic nitrogens is 1. The summed E-state index contributed by atoms with van der Waals surface area (Å²) in [7, 11) is -3.58. The largest absolute Gasteiger partial charge is 0.451 e. The normalized spacial score (nSPS) is 11.6. The van der Waals surface area contributed by atoms with Crippen molar-refractivity contribution < 1.29 is 22.7 Å². The second-order valence-corrected chi connectivity index (χ2v) is 8.91. The molecule has 0 spiro atoms. The number of ether oxygens (including phenoxy) is 1. The summed E-state index contributed by atoms with van der Waals surface area (Å²) in [6, 6.07) is 12.9. The van der Waals surface area contributed by atoms with Gasteiger partial charge in [0.05, 0.1) is 9.92 Å². The predicted octanol–water partition coefficient (Wildman–Crippen LogP) is 3.65. The molecular formula is C21H22ClN3O5S. The zero-order chi connectivity index (χ0) is 22.6. The second-order valence-electron chi connectivity index (χ2n) is 6.60. The van der Waals surface area contributed by atoms with Crippen LogP contribution >= 0.6 is 11.6 Å². The molecular weight excluding hydrogens is 442 g/mol. The summed E-state index contributed by atoms with van der Waals surface area (Å²) < 4.78 is 31.4. The van der Waals surface area contributed by atoms with Gasteiger partial charge >= 0.3 is 5.97 Å². The van der Waals surface area contributed by atoms with Crippen LogP contribution in [0.3, 0.4) is 0 Å². The number of halogens is 1. The number of benzene rings is 2. The number of para-hydroxylation sites is 1. The molecule has 0 saturated heterocycles. The average molecular weight is 464 g/mol. The fourth-order valence-electron chi connectivity index (χ4n) is 3.07. The Morgan fingerprint density at radius 2 is 1.71 bits per heavy atom. The highest BCUT2D eigenvalue weighted by atomic mass is 35.5. The lowest BCUT2D eigenvalue weighted by Crippen LogP contribution is -2.30. The van der Waals surface area contributed by atoms with Crippen molar-refractivity contribution in [1.82, 2.24) is 9.29 Å². The molecule has 2 aromatic carbocycles. The average Bonchev–Trinajstić information content (AvgIpc) is 3.10. The first-order valence-electron chi connectivity index (χ1n) is 9.61. The zero-order valence-corrected chi connectivity index (χ0v) is 18.6. The highest BCUT2D eigenvalue weighted by Crippen LogP contribution is 2.27. The summed E-state index contributed by atoms with van der Waals surface area (Å²) in [5, 5.41) is 3.47. The molecule has 0 aliphatic carbocycles. The van der Waals surface area contributed by atoms with Gasteiger partial charge in [0.2, 0.25) is 10.0 Å². The van der Waals surface area contributed by atoms with Gasteiger partial charge in [-0.1, -0.05) is 43.6 Å². The fourth-order valence-corrected chi connectivity index (χ4v) is 4.82. The number of rotatable bonds is 8. The lowest BCUT2D eigenvalue weighted by atomic mass is 10.2. The van der Waals surface area contributed by atoms with Gasteiger partial charge in [-0.2, -0.15) is 4.31 Å². The molecule has 2 N–H and O–H groups in total. The molecule has 0 aliphatic rings. The molecule has 31 heavy (non-hydrogen) atoms. The standard InChI is InChI=1S/C21H22ClN3O5S/c1-3-25(4-2)31(28,29)15-11-9-14(10-12-15)23-18(26)13-30-21(27)20-19(22)16-7-5-6-8-17(16)24-20/h5-12,24H,3-4,13H2,1-2H3,(H,23,26). The van der Waals surface area contributed by atoms with Crippen LogP contribution in [0, 0.1) is 0 Å². The van der Waals surface area contributed by atoms with Crippen LogP contribution in [0.5, 0.6) is 0 Å². The molecule has 164 valence electrons. The maximum absolute atomic E-state index is 12.5. The van der Waals surface area contributed by atoms with Crippen molar-refractivity contribution in [3.05, 3.63) is 59.2 Å². The number of aromatic amines is 1. The number of esters is 1. The lowest BCUT2D eigenvalue weighted by Gasteiger charge is -2.18. The number of sulfonamides is 1. The van der Waals surface area contributed by atoms with E-state index >= 15 is 0 Å². The molecule has 0 bridgehead atoms. The van der Waals surface area contributed by atoms with Gasteiger partial charge in [-0.25, -0.2) is 13.2 Å². The van der Waals surface area contributed by atoms with Gasteiger partial charge in [0, 0.05) is 29.7 Å². The van der Waals surface area contributed by atoms with E-state index in [0.717, 1.165) is 0 Å². The molecule has 1 heterocycles. The molecule has 8 nitrogen and oxygen atoms in total. The van der Waals surface area contributed by atoms with E-state index in [1.54, 1.807) is 38.1 Å². The molecule has 10 heteroatoms.